The maximum Gasteiger partial charge on any atom is 0.325 e. The maximum absolute atomic E-state index is 12.1. The number of nitrogens with zero attached hydrogens (tertiary/aromatic N) is 1. The number of methoxy groups -OCH3 is 1. The Kier molecular flexibility index (Phi) is 3.78. The molecule has 1 heterocycles. The van der Waals surface area contributed by atoms with E-state index >= 15 is 0 Å². The standard InChI is InChI=1S/C17H16N2O3/c1-22-14-9-7-13(8-10-14)15-16(20)18-17(21)19(15)11-12-5-3-2-4-6-12/h2-10,15H,11H2,1H3,(H,18,20,21). The molecule has 0 aliphatic carbocycles. The molecule has 1 aliphatic rings. The topological polar surface area (TPSA) is 58.6 Å². The van der Waals surface area contributed by atoms with Gasteiger partial charge in [0, 0.05) is 6.54 Å². The molecule has 1 N–H and O–H groups in total. The van der Waals surface area contributed by atoms with E-state index in [1.54, 1.807) is 36.3 Å². The lowest BCUT2D eigenvalue weighted by Crippen LogP contribution is -2.29. The normalized spacial score (nSPS) is 17.5. The highest BCUT2D eigenvalue weighted by Gasteiger charge is 2.39. The van der Waals surface area contributed by atoms with E-state index in [-0.39, 0.29) is 11.9 Å². The van der Waals surface area contributed by atoms with Crippen LogP contribution in [0.1, 0.15) is 17.2 Å². The fourth-order valence-electron chi connectivity index (χ4n) is 2.57. The lowest BCUT2D eigenvalue weighted by atomic mass is 10.1. The third-order valence-corrected chi connectivity index (χ3v) is 3.68. The number of nitrogens with one attached hydrogen (secondary N) is 1. The van der Waals surface area contributed by atoms with Crippen LogP contribution in [0.25, 0.3) is 0 Å². The molecule has 5 heteroatoms. The van der Waals surface area contributed by atoms with Gasteiger partial charge in [-0.2, -0.15) is 0 Å². The summed E-state index contributed by atoms with van der Waals surface area (Å²) in [7, 11) is 1.59. The van der Waals surface area contributed by atoms with Crippen LogP contribution in [0, 0.1) is 0 Å². The molecule has 1 atom stereocenters. The molecule has 3 amide bonds. The van der Waals surface area contributed by atoms with Gasteiger partial charge in [-0.1, -0.05) is 42.5 Å². The number of ether oxygens (including phenoxy) is 1. The molecule has 2 aromatic carbocycles. The summed E-state index contributed by atoms with van der Waals surface area (Å²) in [4.78, 5) is 25.7. The van der Waals surface area contributed by atoms with Crippen molar-refractivity contribution in [3.8, 4) is 5.75 Å². The largest absolute Gasteiger partial charge is 0.497 e. The minimum absolute atomic E-state index is 0.300. The first-order valence-corrected chi connectivity index (χ1v) is 6.98. The van der Waals surface area contributed by atoms with Crippen molar-refractivity contribution in [2.75, 3.05) is 7.11 Å². The van der Waals surface area contributed by atoms with Gasteiger partial charge in [0.2, 0.25) is 0 Å². The molecule has 1 unspecified atom stereocenters. The van der Waals surface area contributed by atoms with Crippen LogP contribution >= 0.6 is 0 Å². The molecular formula is C17H16N2O3. The van der Waals surface area contributed by atoms with Gasteiger partial charge in [0.25, 0.3) is 5.91 Å². The van der Waals surface area contributed by atoms with Crippen LogP contribution in [0.4, 0.5) is 4.79 Å². The van der Waals surface area contributed by atoms with Gasteiger partial charge in [-0.05, 0) is 23.3 Å². The van der Waals surface area contributed by atoms with Crippen molar-refractivity contribution in [1.29, 1.82) is 0 Å². The van der Waals surface area contributed by atoms with Crippen molar-refractivity contribution in [2.45, 2.75) is 12.6 Å². The Morgan fingerprint density at radius 1 is 1.05 bits per heavy atom. The number of urea groups is 1. The van der Waals surface area contributed by atoms with E-state index in [0.29, 0.717) is 12.3 Å². The first-order chi connectivity index (χ1) is 10.7. The molecule has 1 aliphatic heterocycles. The smallest absolute Gasteiger partial charge is 0.325 e. The quantitative estimate of drug-likeness (QED) is 0.882. The average Bonchev–Trinajstić information content (AvgIpc) is 2.82. The van der Waals surface area contributed by atoms with E-state index in [4.69, 9.17) is 4.74 Å². The molecule has 22 heavy (non-hydrogen) atoms. The third kappa shape index (κ3) is 2.65. The fourth-order valence-corrected chi connectivity index (χ4v) is 2.57. The summed E-state index contributed by atoms with van der Waals surface area (Å²) in [5.74, 6) is 0.411. The zero-order chi connectivity index (χ0) is 15.5. The molecule has 0 saturated carbocycles. The highest BCUT2D eigenvalue weighted by molar-refractivity contribution is 6.04. The SMILES string of the molecule is COc1ccc(C2C(=O)NC(=O)N2Cc2ccccc2)cc1. The lowest BCUT2D eigenvalue weighted by molar-refractivity contribution is -0.121. The summed E-state index contributed by atoms with van der Waals surface area (Å²) in [5, 5.41) is 2.38. The highest BCUT2D eigenvalue weighted by atomic mass is 16.5. The second-order valence-electron chi connectivity index (χ2n) is 5.08. The Hall–Kier alpha value is -2.82. The van der Waals surface area contributed by atoms with Crippen LogP contribution in [0.3, 0.4) is 0 Å². The monoisotopic (exact) mass is 296 g/mol. The molecule has 5 nitrogen and oxygen atoms in total. The molecule has 0 aromatic heterocycles. The molecule has 1 fully saturated rings. The van der Waals surface area contributed by atoms with Crippen LogP contribution in [-0.4, -0.2) is 23.9 Å². The number of carbonyl (C=O) groups excluding carboxylic acids is 2. The predicted molar refractivity (Wildman–Crippen MR) is 81.3 cm³/mol. The summed E-state index contributed by atoms with van der Waals surface area (Å²) >= 11 is 0. The van der Waals surface area contributed by atoms with Crippen molar-refractivity contribution in [3.05, 3.63) is 65.7 Å². The minimum atomic E-state index is -0.612. The number of imide groups is 1. The van der Waals surface area contributed by atoms with Crippen LogP contribution in [0.2, 0.25) is 0 Å². The van der Waals surface area contributed by atoms with Gasteiger partial charge < -0.3 is 9.64 Å². The Labute approximate surface area is 128 Å². The van der Waals surface area contributed by atoms with Crippen molar-refractivity contribution in [3.63, 3.8) is 0 Å². The van der Waals surface area contributed by atoms with E-state index < -0.39 is 6.04 Å². The highest BCUT2D eigenvalue weighted by Crippen LogP contribution is 2.28. The van der Waals surface area contributed by atoms with E-state index in [1.807, 2.05) is 30.3 Å². The van der Waals surface area contributed by atoms with Crippen molar-refractivity contribution in [2.24, 2.45) is 0 Å². The fraction of sp³-hybridized carbons (Fsp3) is 0.176. The minimum Gasteiger partial charge on any atom is -0.497 e. The Morgan fingerprint density at radius 2 is 1.73 bits per heavy atom. The molecule has 3 rings (SSSR count). The Balaban J connectivity index is 1.89. The second kappa shape index (κ2) is 5.89. The molecule has 0 spiro atoms. The summed E-state index contributed by atoms with van der Waals surface area (Å²) in [6, 6.07) is 15.8. The molecule has 0 radical (unpaired) electrons. The molecule has 0 bridgehead atoms. The zero-order valence-electron chi connectivity index (χ0n) is 12.2. The van der Waals surface area contributed by atoms with Gasteiger partial charge in [0.1, 0.15) is 11.8 Å². The van der Waals surface area contributed by atoms with Gasteiger partial charge in [-0.15, -0.1) is 0 Å². The summed E-state index contributed by atoms with van der Waals surface area (Å²) < 4.78 is 5.12. The Morgan fingerprint density at radius 3 is 2.36 bits per heavy atom. The van der Waals surface area contributed by atoms with Crippen LogP contribution in [0.5, 0.6) is 5.75 Å². The molecule has 1 saturated heterocycles. The van der Waals surface area contributed by atoms with E-state index in [2.05, 4.69) is 5.32 Å². The van der Waals surface area contributed by atoms with Crippen molar-refractivity contribution in [1.82, 2.24) is 10.2 Å². The van der Waals surface area contributed by atoms with Crippen molar-refractivity contribution >= 4 is 11.9 Å². The first-order valence-electron chi connectivity index (χ1n) is 6.98. The summed E-state index contributed by atoms with van der Waals surface area (Å²) in [5.41, 5.74) is 1.74. The number of benzene rings is 2. The molecule has 2 aromatic rings. The van der Waals surface area contributed by atoms with E-state index in [9.17, 15) is 9.59 Å². The average molecular weight is 296 g/mol. The second-order valence-corrected chi connectivity index (χ2v) is 5.08. The van der Waals surface area contributed by atoms with Gasteiger partial charge in [-0.25, -0.2) is 4.79 Å². The van der Waals surface area contributed by atoms with Gasteiger partial charge in [0.05, 0.1) is 7.11 Å². The number of amides is 3. The van der Waals surface area contributed by atoms with Crippen LogP contribution < -0.4 is 10.1 Å². The maximum atomic E-state index is 12.1. The lowest BCUT2D eigenvalue weighted by Gasteiger charge is -2.22. The summed E-state index contributed by atoms with van der Waals surface area (Å²) in [6.45, 7) is 0.384. The van der Waals surface area contributed by atoms with E-state index in [0.717, 1.165) is 11.1 Å². The molecule has 112 valence electrons. The van der Waals surface area contributed by atoms with Gasteiger partial charge in [-0.3, -0.25) is 10.1 Å². The van der Waals surface area contributed by atoms with E-state index in [1.165, 1.54) is 0 Å². The molecular weight excluding hydrogens is 280 g/mol. The number of rotatable bonds is 4. The van der Waals surface area contributed by atoms with Crippen LogP contribution in [-0.2, 0) is 11.3 Å². The zero-order valence-corrected chi connectivity index (χ0v) is 12.2. The van der Waals surface area contributed by atoms with Crippen molar-refractivity contribution < 1.29 is 14.3 Å². The predicted octanol–water partition coefficient (Wildman–Crippen LogP) is 2.49. The van der Waals surface area contributed by atoms with Gasteiger partial charge in [0.15, 0.2) is 0 Å². The van der Waals surface area contributed by atoms with Gasteiger partial charge >= 0.3 is 6.03 Å². The first kappa shape index (κ1) is 14.1. The number of hydrogen-bond donors (Lipinski definition) is 1. The van der Waals surface area contributed by atoms with Crippen LogP contribution in [0.15, 0.2) is 54.6 Å². The number of hydrogen-bond acceptors (Lipinski definition) is 3. The summed E-state index contributed by atoms with van der Waals surface area (Å²) in [6.07, 6.45) is 0. The Bertz CT molecular complexity index is 683. The number of carbonyl (C=O) groups is 2. The third-order valence-electron chi connectivity index (χ3n) is 3.68.